The topological polar surface area (TPSA) is 57.4 Å². The lowest BCUT2D eigenvalue weighted by molar-refractivity contribution is 0.571. The van der Waals surface area contributed by atoms with E-state index >= 15 is 0 Å². The van der Waals surface area contributed by atoms with Gasteiger partial charge in [0.15, 0.2) is 0 Å². The first-order chi connectivity index (χ1) is 13.5. The maximum absolute atomic E-state index is 13.2. The zero-order chi connectivity index (χ0) is 21.5. The van der Waals surface area contributed by atoms with Gasteiger partial charge in [-0.1, -0.05) is 63.9 Å². The molecule has 0 fully saturated rings. The van der Waals surface area contributed by atoms with E-state index in [9.17, 15) is 4.39 Å². The minimum absolute atomic E-state index is 0.0339. The Morgan fingerprint density at radius 3 is 2.10 bits per heavy atom. The van der Waals surface area contributed by atoms with Crippen LogP contribution in [-0.2, 0) is 5.41 Å². The van der Waals surface area contributed by atoms with Gasteiger partial charge in [-0.2, -0.15) is 10.2 Å². The summed E-state index contributed by atoms with van der Waals surface area (Å²) >= 11 is 12.2. The number of nitrogens with one attached hydrogen (secondary N) is 2. The van der Waals surface area contributed by atoms with Gasteiger partial charge in [-0.15, -0.1) is 0 Å². The lowest BCUT2D eigenvalue weighted by Crippen LogP contribution is -2.12. The molecule has 154 valence electrons. The monoisotopic (exact) mass is 434 g/mol. The lowest BCUT2D eigenvalue weighted by atomic mass is 9.89. The molecule has 0 unspecified atom stereocenters. The van der Waals surface area contributed by atoms with E-state index in [2.05, 4.69) is 41.2 Å². The van der Waals surface area contributed by atoms with Gasteiger partial charge in [0.2, 0.25) is 0 Å². The Labute approximate surface area is 179 Å². The van der Waals surface area contributed by atoms with E-state index < -0.39 is 5.82 Å². The fourth-order valence-corrected chi connectivity index (χ4v) is 3.72. The third-order valence-corrected chi connectivity index (χ3v) is 5.67. The minimum Gasteiger partial charge on any atom is -0.281 e. The van der Waals surface area contributed by atoms with Gasteiger partial charge in [-0.3, -0.25) is 10.2 Å². The van der Waals surface area contributed by atoms with E-state index in [1.807, 2.05) is 32.9 Å². The third kappa shape index (κ3) is 4.12. The molecule has 0 spiro atoms. The van der Waals surface area contributed by atoms with E-state index in [1.165, 1.54) is 6.07 Å². The second-order valence-corrected chi connectivity index (χ2v) is 9.24. The van der Waals surface area contributed by atoms with Crippen LogP contribution in [-0.4, -0.2) is 20.4 Å². The van der Waals surface area contributed by atoms with Crippen molar-refractivity contribution in [2.75, 3.05) is 0 Å². The number of hydrogen-bond acceptors (Lipinski definition) is 2. The summed E-state index contributed by atoms with van der Waals surface area (Å²) in [4.78, 5) is 0. The summed E-state index contributed by atoms with van der Waals surface area (Å²) in [6, 6.07) is 6.95. The minimum atomic E-state index is -0.400. The molecular weight excluding hydrogens is 410 g/mol. The van der Waals surface area contributed by atoms with Gasteiger partial charge in [0.1, 0.15) is 5.82 Å². The maximum atomic E-state index is 13.2. The highest BCUT2D eigenvalue weighted by Crippen LogP contribution is 2.34. The molecule has 4 aromatic rings. The van der Waals surface area contributed by atoms with E-state index in [0.717, 1.165) is 32.9 Å². The van der Waals surface area contributed by atoms with Gasteiger partial charge in [0.25, 0.3) is 0 Å². The van der Waals surface area contributed by atoms with Crippen molar-refractivity contribution >= 4 is 45.0 Å². The Balaban J connectivity index is 0.000000166. The van der Waals surface area contributed by atoms with Crippen molar-refractivity contribution in [1.82, 2.24) is 20.4 Å². The summed E-state index contributed by atoms with van der Waals surface area (Å²) in [5.41, 5.74) is 4.76. The van der Waals surface area contributed by atoms with Gasteiger partial charge < -0.3 is 0 Å². The van der Waals surface area contributed by atoms with Crippen molar-refractivity contribution in [3.8, 4) is 0 Å². The number of halogens is 3. The second kappa shape index (κ2) is 7.96. The molecule has 2 aromatic heterocycles. The Morgan fingerprint density at radius 1 is 0.897 bits per heavy atom. The zero-order valence-corrected chi connectivity index (χ0v) is 18.9. The number of aryl methyl sites for hydroxylation is 1. The molecule has 0 saturated heterocycles. The quantitative estimate of drug-likeness (QED) is 0.330. The van der Waals surface area contributed by atoms with E-state index in [-0.39, 0.29) is 16.4 Å². The van der Waals surface area contributed by atoms with Crippen molar-refractivity contribution < 1.29 is 4.39 Å². The van der Waals surface area contributed by atoms with Crippen LogP contribution in [0.4, 0.5) is 4.39 Å². The van der Waals surface area contributed by atoms with E-state index in [1.54, 1.807) is 6.07 Å². The predicted molar refractivity (Wildman–Crippen MR) is 120 cm³/mol. The van der Waals surface area contributed by atoms with Gasteiger partial charge in [0, 0.05) is 27.6 Å². The molecular formula is C22H25Cl2FN4. The van der Waals surface area contributed by atoms with Crippen LogP contribution in [0.3, 0.4) is 0 Å². The molecule has 0 atom stereocenters. The number of rotatable bonds is 1. The van der Waals surface area contributed by atoms with Crippen LogP contribution in [0.2, 0.25) is 10.0 Å². The summed E-state index contributed by atoms with van der Waals surface area (Å²) < 4.78 is 13.2. The fourth-order valence-electron chi connectivity index (χ4n) is 3.20. The number of hydrogen-bond donors (Lipinski definition) is 2. The standard InChI is InChI=1S/C12H15ClN2.C10H10ClFN2/c1-7-5-6-8-9(10(7)13)11(15-14-8)12(2,3)4;1-5(2)10-8-7(13-14-10)4-3-6(12)9(8)11/h5-6H,1-4H3,(H,14,15);3-5H,1-2H3,(H,13,14). The third-order valence-electron chi connectivity index (χ3n) is 4.82. The largest absolute Gasteiger partial charge is 0.281 e. The Morgan fingerprint density at radius 2 is 1.48 bits per heavy atom. The highest BCUT2D eigenvalue weighted by atomic mass is 35.5. The zero-order valence-electron chi connectivity index (χ0n) is 17.4. The van der Waals surface area contributed by atoms with Crippen molar-refractivity contribution in [2.45, 2.75) is 52.9 Å². The van der Waals surface area contributed by atoms with Gasteiger partial charge in [-0.05, 0) is 36.6 Å². The first-order valence-corrected chi connectivity index (χ1v) is 10.2. The Kier molecular flexibility index (Phi) is 5.93. The molecule has 0 saturated carbocycles. The number of H-pyrrole nitrogens is 2. The molecule has 4 nitrogen and oxygen atoms in total. The number of benzene rings is 2. The van der Waals surface area contributed by atoms with Gasteiger partial charge in [-0.25, -0.2) is 4.39 Å². The summed E-state index contributed by atoms with van der Waals surface area (Å²) in [5, 5.41) is 17.0. The molecule has 2 N–H and O–H groups in total. The molecule has 0 aliphatic carbocycles. The second-order valence-electron chi connectivity index (χ2n) is 8.49. The predicted octanol–water partition coefficient (Wildman–Crippen LogP) is 7.30. The van der Waals surface area contributed by atoms with Crippen LogP contribution < -0.4 is 0 Å². The molecule has 0 bridgehead atoms. The summed E-state index contributed by atoms with van der Waals surface area (Å²) in [7, 11) is 0. The van der Waals surface area contributed by atoms with Crippen molar-refractivity contribution in [3.05, 3.63) is 57.1 Å². The fraction of sp³-hybridized carbons (Fsp3) is 0.364. The molecule has 0 aliphatic rings. The van der Waals surface area contributed by atoms with E-state index in [4.69, 9.17) is 23.2 Å². The van der Waals surface area contributed by atoms with Crippen molar-refractivity contribution in [3.63, 3.8) is 0 Å². The molecule has 2 heterocycles. The number of aromatic amines is 2. The number of fused-ring (bicyclic) bond motifs is 2. The number of nitrogens with zero attached hydrogens (tertiary/aromatic N) is 2. The molecule has 2 aromatic carbocycles. The molecule has 0 amide bonds. The highest BCUT2D eigenvalue weighted by molar-refractivity contribution is 6.36. The van der Waals surface area contributed by atoms with Crippen molar-refractivity contribution in [1.29, 1.82) is 0 Å². The van der Waals surface area contributed by atoms with Crippen molar-refractivity contribution in [2.24, 2.45) is 0 Å². The first-order valence-electron chi connectivity index (χ1n) is 9.48. The first kappa shape index (κ1) is 21.6. The summed E-state index contributed by atoms with van der Waals surface area (Å²) in [5.74, 6) is -0.151. The molecule has 0 radical (unpaired) electrons. The Hall–Kier alpha value is -2.11. The van der Waals surface area contributed by atoms with Crippen LogP contribution in [0.5, 0.6) is 0 Å². The Bertz CT molecular complexity index is 1170. The number of aromatic nitrogens is 4. The normalized spacial score (nSPS) is 11.9. The van der Waals surface area contributed by atoms with Crippen LogP contribution >= 0.6 is 23.2 Å². The molecule has 29 heavy (non-hydrogen) atoms. The average Bonchev–Trinajstić information content (AvgIpc) is 3.26. The summed E-state index contributed by atoms with van der Waals surface area (Å²) in [6.07, 6.45) is 0. The molecule has 0 aliphatic heterocycles. The van der Waals surface area contributed by atoms with Gasteiger partial charge in [0.05, 0.1) is 21.1 Å². The SMILES string of the molecule is CC(C)c1[nH]nc2ccc(F)c(Cl)c12.Cc1ccc2n[nH]c(C(C)(C)C)c2c1Cl. The average molecular weight is 435 g/mol. The maximum Gasteiger partial charge on any atom is 0.142 e. The van der Waals surface area contributed by atoms with Crippen LogP contribution in [0, 0.1) is 12.7 Å². The highest BCUT2D eigenvalue weighted by Gasteiger charge is 2.21. The van der Waals surface area contributed by atoms with Crippen LogP contribution in [0.25, 0.3) is 21.8 Å². The van der Waals surface area contributed by atoms with Gasteiger partial charge >= 0.3 is 0 Å². The molecule has 4 rings (SSSR count). The summed E-state index contributed by atoms with van der Waals surface area (Å²) in [6.45, 7) is 12.5. The lowest BCUT2D eigenvalue weighted by Gasteiger charge is -2.17. The van der Waals surface area contributed by atoms with Crippen LogP contribution in [0.15, 0.2) is 24.3 Å². The van der Waals surface area contributed by atoms with E-state index in [0.29, 0.717) is 10.9 Å². The smallest absolute Gasteiger partial charge is 0.142 e. The molecule has 7 heteroatoms. The van der Waals surface area contributed by atoms with Crippen LogP contribution in [0.1, 0.15) is 57.5 Å².